The molecule has 0 atom stereocenters. The Kier molecular flexibility index (Phi) is 4.65. The number of amides is 2. The quantitative estimate of drug-likeness (QED) is 0.826. The normalized spacial score (nSPS) is 10.3. The second kappa shape index (κ2) is 6.65. The molecule has 5 nitrogen and oxygen atoms in total. The third kappa shape index (κ3) is 3.78. The number of aromatic nitrogens is 2. The molecule has 1 aromatic carbocycles. The zero-order chi connectivity index (χ0) is 14.4. The van der Waals surface area contributed by atoms with Crippen molar-refractivity contribution in [2.75, 3.05) is 11.9 Å². The lowest BCUT2D eigenvalue weighted by atomic mass is 10.3. The summed E-state index contributed by atoms with van der Waals surface area (Å²) in [5.41, 5.74) is -0.445. The Morgan fingerprint density at radius 3 is 2.70 bits per heavy atom. The van der Waals surface area contributed by atoms with Gasteiger partial charge in [0.15, 0.2) is 0 Å². The van der Waals surface area contributed by atoms with Crippen LogP contribution in [-0.2, 0) is 6.54 Å². The fourth-order valence-corrected chi connectivity index (χ4v) is 1.66. The van der Waals surface area contributed by atoms with Gasteiger partial charge in [-0.05, 0) is 18.6 Å². The molecule has 1 aromatic heterocycles. The zero-order valence-corrected chi connectivity index (χ0v) is 10.6. The van der Waals surface area contributed by atoms with Crippen LogP contribution in [0.2, 0.25) is 0 Å². The molecule has 0 aliphatic heterocycles. The molecule has 0 unspecified atom stereocenters. The van der Waals surface area contributed by atoms with Crippen LogP contribution < -0.4 is 10.6 Å². The molecule has 0 fully saturated rings. The van der Waals surface area contributed by atoms with Crippen LogP contribution >= 0.6 is 0 Å². The lowest BCUT2D eigenvalue weighted by molar-refractivity contribution is 0.251. The summed E-state index contributed by atoms with van der Waals surface area (Å²) >= 11 is 0. The summed E-state index contributed by atoms with van der Waals surface area (Å²) in [5.74, 6) is -1.61. The van der Waals surface area contributed by atoms with Gasteiger partial charge in [-0.2, -0.15) is 0 Å². The highest BCUT2D eigenvalue weighted by atomic mass is 19.1. The Bertz CT molecular complexity index is 552. The van der Waals surface area contributed by atoms with Crippen molar-refractivity contribution < 1.29 is 13.6 Å². The van der Waals surface area contributed by atoms with Gasteiger partial charge < -0.3 is 15.2 Å². The summed E-state index contributed by atoms with van der Waals surface area (Å²) in [5, 5.41) is 4.68. The Balaban J connectivity index is 1.75. The molecule has 7 heteroatoms. The number of urea groups is 1. The number of halogens is 2. The Morgan fingerprint density at radius 2 is 2.05 bits per heavy atom. The molecule has 2 aromatic rings. The predicted molar refractivity (Wildman–Crippen MR) is 70.2 cm³/mol. The summed E-state index contributed by atoms with van der Waals surface area (Å²) in [6, 6.07) is 2.76. The van der Waals surface area contributed by atoms with Crippen molar-refractivity contribution in [3.63, 3.8) is 0 Å². The van der Waals surface area contributed by atoms with Crippen molar-refractivity contribution >= 4 is 11.7 Å². The van der Waals surface area contributed by atoms with Gasteiger partial charge in [0.1, 0.15) is 17.3 Å². The highest BCUT2D eigenvalue weighted by Gasteiger charge is 2.10. The number of nitrogens with one attached hydrogen (secondary N) is 2. The van der Waals surface area contributed by atoms with Gasteiger partial charge in [0.2, 0.25) is 0 Å². The van der Waals surface area contributed by atoms with Gasteiger partial charge in [0.25, 0.3) is 0 Å². The topological polar surface area (TPSA) is 59.0 Å². The minimum Gasteiger partial charge on any atom is -0.338 e. The highest BCUT2D eigenvalue weighted by molar-refractivity contribution is 5.89. The first-order chi connectivity index (χ1) is 9.66. The first-order valence-electron chi connectivity index (χ1n) is 6.11. The molecule has 2 amide bonds. The number of carbonyl (C=O) groups is 1. The van der Waals surface area contributed by atoms with Gasteiger partial charge in [-0.25, -0.2) is 18.6 Å². The van der Waals surface area contributed by atoms with E-state index in [1.54, 1.807) is 12.5 Å². The van der Waals surface area contributed by atoms with Crippen LogP contribution in [-0.4, -0.2) is 22.1 Å². The number of imidazole rings is 1. The summed E-state index contributed by atoms with van der Waals surface area (Å²) in [7, 11) is 0. The Hall–Kier alpha value is -2.44. The largest absolute Gasteiger partial charge is 0.338 e. The van der Waals surface area contributed by atoms with E-state index in [-0.39, 0.29) is 0 Å². The molecule has 20 heavy (non-hydrogen) atoms. The van der Waals surface area contributed by atoms with Crippen LogP contribution in [0.1, 0.15) is 6.42 Å². The molecule has 0 spiro atoms. The lowest BCUT2D eigenvalue weighted by Gasteiger charge is -2.09. The van der Waals surface area contributed by atoms with Crippen LogP contribution in [0.15, 0.2) is 36.9 Å². The number of rotatable bonds is 5. The van der Waals surface area contributed by atoms with Crippen LogP contribution in [0.5, 0.6) is 0 Å². The summed E-state index contributed by atoms with van der Waals surface area (Å²) in [4.78, 5) is 15.4. The van der Waals surface area contributed by atoms with Gasteiger partial charge in [-0.3, -0.25) is 0 Å². The van der Waals surface area contributed by atoms with Crippen molar-refractivity contribution in [1.29, 1.82) is 0 Å². The number of anilines is 1. The monoisotopic (exact) mass is 280 g/mol. The molecular weight excluding hydrogens is 266 g/mol. The van der Waals surface area contributed by atoms with E-state index in [9.17, 15) is 13.6 Å². The van der Waals surface area contributed by atoms with Gasteiger partial charge >= 0.3 is 6.03 Å². The lowest BCUT2D eigenvalue weighted by Crippen LogP contribution is -2.30. The van der Waals surface area contributed by atoms with Crippen molar-refractivity contribution in [3.8, 4) is 0 Å². The van der Waals surface area contributed by atoms with E-state index in [4.69, 9.17) is 0 Å². The molecular formula is C13H14F2N4O. The SMILES string of the molecule is O=C(NCCCn1ccnc1)Nc1c(F)cccc1F. The number of hydrogen-bond acceptors (Lipinski definition) is 2. The number of benzene rings is 1. The molecule has 0 saturated carbocycles. The zero-order valence-electron chi connectivity index (χ0n) is 10.6. The number of aryl methyl sites for hydroxylation is 1. The minimum atomic E-state index is -0.807. The van der Waals surface area contributed by atoms with Gasteiger partial charge in [-0.15, -0.1) is 0 Å². The first kappa shape index (κ1) is 14.0. The van der Waals surface area contributed by atoms with Crippen LogP contribution in [0.3, 0.4) is 0 Å². The highest BCUT2D eigenvalue weighted by Crippen LogP contribution is 2.17. The number of para-hydroxylation sites is 1. The number of hydrogen-bond donors (Lipinski definition) is 2. The third-order valence-electron chi connectivity index (χ3n) is 2.64. The maximum absolute atomic E-state index is 13.3. The maximum Gasteiger partial charge on any atom is 0.319 e. The molecule has 2 rings (SSSR count). The number of nitrogens with zero attached hydrogens (tertiary/aromatic N) is 2. The fourth-order valence-electron chi connectivity index (χ4n) is 1.66. The molecule has 0 saturated heterocycles. The van der Waals surface area contributed by atoms with E-state index in [0.29, 0.717) is 19.5 Å². The van der Waals surface area contributed by atoms with E-state index in [2.05, 4.69) is 15.6 Å². The molecule has 0 aliphatic rings. The standard InChI is InChI=1S/C13H14F2N4O/c14-10-3-1-4-11(15)12(10)18-13(20)17-5-2-7-19-8-6-16-9-19/h1,3-4,6,8-9H,2,5,7H2,(H2,17,18,20). The van der Waals surface area contributed by atoms with Gasteiger partial charge in [0.05, 0.1) is 6.33 Å². The van der Waals surface area contributed by atoms with Gasteiger partial charge in [-0.1, -0.05) is 6.07 Å². The Morgan fingerprint density at radius 1 is 1.30 bits per heavy atom. The van der Waals surface area contributed by atoms with Crippen molar-refractivity contribution in [3.05, 3.63) is 48.6 Å². The van der Waals surface area contributed by atoms with Crippen molar-refractivity contribution in [2.24, 2.45) is 0 Å². The van der Waals surface area contributed by atoms with E-state index in [1.807, 2.05) is 10.8 Å². The number of carbonyl (C=O) groups excluding carboxylic acids is 1. The summed E-state index contributed by atoms with van der Waals surface area (Å²) < 4.78 is 28.5. The molecule has 1 heterocycles. The van der Waals surface area contributed by atoms with Crippen molar-refractivity contribution in [1.82, 2.24) is 14.9 Å². The Labute approximate surface area is 114 Å². The minimum absolute atomic E-state index is 0.389. The van der Waals surface area contributed by atoms with Crippen LogP contribution in [0.4, 0.5) is 19.3 Å². The predicted octanol–water partition coefficient (Wildman–Crippen LogP) is 2.37. The fraction of sp³-hybridized carbons (Fsp3) is 0.231. The van der Waals surface area contributed by atoms with E-state index in [1.165, 1.54) is 6.07 Å². The van der Waals surface area contributed by atoms with Gasteiger partial charge in [0, 0.05) is 25.5 Å². The second-order valence-electron chi connectivity index (χ2n) is 4.13. The smallest absolute Gasteiger partial charge is 0.319 e. The molecule has 106 valence electrons. The van der Waals surface area contributed by atoms with E-state index >= 15 is 0 Å². The van der Waals surface area contributed by atoms with Crippen molar-refractivity contribution in [2.45, 2.75) is 13.0 Å². The average Bonchev–Trinajstić information content (AvgIpc) is 2.92. The average molecular weight is 280 g/mol. The van der Waals surface area contributed by atoms with Crippen LogP contribution in [0.25, 0.3) is 0 Å². The third-order valence-corrected chi connectivity index (χ3v) is 2.64. The van der Waals surface area contributed by atoms with E-state index in [0.717, 1.165) is 12.1 Å². The maximum atomic E-state index is 13.3. The molecule has 0 bridgehead atoms. The molecule has 2 N–H and O–H groups in total. The first-order valence-corrected chi connectivity index (χ1v) is 6.11. The molecule has 0 aliphatic carbocycles. The molecule has 0 radical (unpaired) electrons. The van der Waals surface area contributed by atoms with E-state index < -0.39 is 23.4 Å². The summed E-state index contributed by atoms with van der Waals surface area (Å²) in [6.07, 6.45) is 5.84. The summed E-state index contributed by atoms with van der Waals surface area (Å²) in [6.45, 7) is 1.09. The van der Waals surface area contributed by atoms with Crippen LogP contribution in [0, 0.1) is 11.6 Å². The second-order valence-corrected chi connectivity index (χ2v) is 4.13.